The maximum absolute atomic E-state index is 14.0. The first-order chi connectivity index (χ1) is 16.3. The van der Waals surface area contributed by atoms with Crippen molar-refractivity contribution in [1.29, 1.82) is 0 Å². The molecule has 3 aliphatic rings. The van der Waals surface area contributed by atoms with Crippen molar-refractivity contribution in [2.45, 2.75) is 31.2 Å². The Labute approximate surface area is 190 Å². The molecule has 4 atom stereocenters. The molecule has 11 heteroatoms. The zero-order valence-electron chi connectivity index (χ0n) is 17.5. The quantitative estimate of drug-likeness (QED) is 0.539. The van der Waals surface area contributed by atoms with Gasteiger partial charge in [0, 0.05) is 29.9 Å². The molecule has 0 radical (unpaired) electrons. The lowest BCUT2D eigenvalue weighted by atomic mass is 9.73. The highest BCUT2D eigenvalue weighted by atomic mass is 19.4. The molecule has 174 valence electrons. The highest BCUT2D eigenvalue weighted by Gasteiger charge is 2.76. The van der Waals surface area contributed by atoms with E-state index in [-0.39, 0.29) is 34.6 Å². The number of carbonyl (C=O) groups excluding carboxylic acids is 1. The van der Waals surface area contributed by atoms with E-state index in [0.717, 1.165) is 12.6 Å². The molecule has 2 aromatic heterocycles. The van der Waals surface area contributed by atoms with E-state index in [2.05, 4.69) is 19.9 Å². The number of aromatic nitrogens is 4. The summed E-state index contributed by atoms with van der Waals surface area (Å²) in [7, 11) is 0. The minimum Gasteiger partial charge on any atom is -0.471 e. The number of halogens is 4. The topological polar surface area (TPSA) is 81.1 Å². The summed E-state index contributed by atoms with van der Waals surface area (Å²) in [5.74, 6) is -0.233. The standard InChI is InChI=1S/C23H17F4N5O2/c24-13-2-3-14(15(6-13)20-28-4-1-5-29-20)21(33)32-11-12-7-22(12)8-16(19(22)32)34-18-10-30-17(9-31-18)23(25,26)27/h1-6,9-10,12,16,19H,7-8,11H2. The third-order valence-corrected chi connectivity index (χ3v) is 7.02. The van der Waals surface area contributed by atoms with E-state index in [4.69, 9.17) is 4.74 Å². The monoisotopic (exact) mass is 471 g/mol. The van der Waals surface area contributed by atoms with Gasteiger partial charge in [-0.3, -0.25) is 4.79 Å². The number of alkyl halides is 3. The van der Waals surface area contributed by atoms with Crippen molar-refractivity contribution in [3.05, 3.63) is 66.1 Å². The largest absolute Gasteiger partial charge is 0.471 e. The molecule has 0 bridgehead atoms. The third-order valence-electron chi connectivity index (χ3n) is 7.02. The van der Waals surface area contributed by atoms with E-state index in [1.54, 1.807) is 11.0 Å². The van der Waals surface area contributed by atoms with Crippen LogP contribution in [-0.4, -0.2) is 49.4 Å². The smallest absolute Gasteiger partial charge is 0.434 e. The summed E-state index contributed by atoms with van der Waals surface area (Å²) in [6.45, 7) is 0.536. The van der Waals surface area contributed by atoms with Crippen LogP contribution in [-0.2, 0) is 6.18 Å². The van der Waals surface area contributed by atoms with Crippen molar-refractivity contribution < 1.29 is 27.1 Å². The Morgan fingerprint density at radius 3 is 2.59 bits per heavy atom. The second-order valence-electron chi connectivity index (χ2n) is 8.90. The molecule has 1 saturated heterocycles. The summed E-state index contributed by atoms with van der Waals surface area (Å²) in [5.41, 5.74) is -0.560. The van der Waals surface area contributed by atoms with Crippen LogP contribution in [0, 0.1) is 17.2 Å². The first kappa shape index (κ1) is 20.9. The van der Waals surface area contributed by atoms with Gasteiger partial charge in [-0.1, -0.05) is 0 Å². The van der Waals surface area contributed by atoms with Gasteiger partial charge in [0.15, 0.2) is 11.5 Å². The van der Waals surface area contributed by atoms with Crippen molar-refractivity contribution in [1.82, 2.24) is 24.8 Å². The molecule has 3 heterocycles. The van der Waals surface area contributed by atoms with Crippen LogP contribution in [0.15, 0.2) is 49.1 Å². The van der Waals surface area contributed by atoms with Crippen LogP contribution in [0.3, 0.4) is 0 Å². The third kappa shape index (κ3) is 3.21. The molecule has 7 nitrogen and oxygen atoms in total. The zero-order valence-corrected chi connectivity index (χ0v) is 17.5. The average molecular weight is 471 g/mol. The molecule has 1 aliphatic heterocycles. The molecule has 3 fully saturated rings. The number of piperidine rings is 1. The van der Waals surface area contributed by atoms with E-state index in [9.17, 15) is 22.4 Å². The lowest BCUT2D eigenvalue weighted by molar-refractivity contribution is -0.141. The van der Waals surface area contributed by atoms with Gasteiger partial charge < -0.3 is 9.64 Å². The zero-order chi connectivity index (χ0) is 23.7. The van der Waals surface area contributed by atoms with E-state index in [0.29, 0.717) is 30.6 Å². The number of carbonyl (C=O) groups is 1. The fraction of sp³-hybridized carbons (Fsp3) is 0.348. The number of nitrogens with zero attached hydrogens (tertiary/aromatic N) is 5. The molecule has 4 unspecified atom stereocenters. The van der Waals surface area contributed by atoms with Gasteiger partial charge in [-0.05, 0) is 43.0 Å². The number of likely N-dealkylation sites (tertiary alicyclic amines) is 1. The Morgan fingerprint density at radius 1 is 1.09 bits per heavy atom. The predicted molar refractivity (Wildman–Crippen MR) is 109 cm³/mol. The lowest BCUT2D eigenvalue weighted by Crippen LogP contribution is -2.59. The Balaban J connectivity index is 1.26. The van der Waals surface area contributed by atoms with Crippen LogP contribution in [0.25, 0.3) is 11.4 Å². The number of benzene rings is 1. The molecule has 2 saturated carbocycles. The first-order valence-electron chi connectivity index (χ1n) is 10.7. The summed E-state index contributed by atoms with van der Waals surface area (Å²) >= 11 is 0. The Kier molecular flexibility index (Phi) is 4.42. The van der Waals surface area contributed by atoms with Crippen LogP contribution in [0.5, 0.6) is 5.88 Å². The molecular weight excluding hydrogens is 454 g/mol. The second-order valence-corrected chi connectivity index (χ2v) is 8.90. The predicted octanol–water partition coefficient (Wildman–Crippen LogP) is 3.77. The maximum Gasteiger partial charge on any atom is 0.434 e. The van der Waals surface area contributed by atoms with Gasteiger partial charge in [0.2, 0.25) is 5.88 Å². The number of hydrogen-bond acceptors (Lipinski definition) is 6. The number of hydrogen-bond donors (Lipinski definition) is 0. The van der Waals surface area contributed by atoms with Crippen LogP contribution in [0.1, 0.15) is 28.9 Å². The molecule has 1 spiro atoms. The highest BCUT2D eigenvalue weighted by Crippen LogP contribution is 2.71. The van der Waals surface area contributed by atoms with E-state index in [1.807, 2.05) is 0 Å². The van der Waals surface area contributed by atoms with Crippen LogP contribution in [0.2, 0.25) is 0 Å². The summed E-state index contributed by atoms with van der Waals surface area (Å²) in [5, 5.41) is 0. The SMILES string of the molecule is O=C(c1ccc(F)cc1-c1ncccn1)N1CC2CC23CC(Oc2cnc(C(F)(F)F)cn2)C13. The summed E-state index contributed by atoms with van der Waals surface area (Å²) in [4.78, 5) is 30.8. The molecule has 2 aliphatic carbocycles. The first-order valence-corrected chi connectivity index (χ1v) is 10.7. The second kappa shape index (κ2) is 7.18. The molecule has 1 aromatic carbocycles. The van der Waals surface area contributed by atoms with Crippen LogP contribution >= 0.6 is 0 Å². The van der Waals surface area contributed by atoms with Gasteiger partial charge in [-0.25, -0.2) is 24.3 Å². The minimum absolute atomic E-state index is 0.0236. The van der Waals surface area contributed by atoms with Crippen molar-refractivity contribution in [3.8, 4) is 17.3 Å². The summed E-state index contributed by atoms with van der Waals surface area (Å²) in [6, 6.07) is 5.27. The lowest BCUT2D eigenvalue weighted by Gasteiger charge is -2.47. The average Bonchev–Trinajstić information content (AvgIpc) is 3.47. The van der Waals surface area contributed by atoms with Gasteiger partial charge >= 0.3 is 6.18 Å². The minimum atomic E-state index is -4.59. The summed E-state index contributed by atoms with van der Waals surface area (Å²) < 4.78 is 58.1. The molecule has 0 N–H and O–H groups in total. The number of rotatable bonds is 4. The molecule has 3 aromatic rings. The van der Waals surface area contributed by atoms with Gasteiger partial charge in [0.05, 0.1) is 24.0 Å². The maximum atomic E-state index is 14.0. The fourth-order valence-corrected chi connectivity index (χ4v) is 5.41. The molecule has 1 amide bonds. The van der Waals surface area contributed by atoms with Crippen molar-refractivity contribution in [3.63, 3.8) is 0 Å². The normalized spacial score (nSPS) is 26.9. The van der Waals surface area contributed by atoms with Crippen molar-refractivity contribution in [2.24, 2.45) is 11.3 Å². The van der Waals surface area contributed by atoms with Gasteiger partial charge in [0.1, 0.15) is 11.9 Å². The van der Waals surface area contributed by atoms with E-state index >= 15 is 0 Å². The molecule has 34 heavy (non-hydrogen) atoms. The molecular formula is C23H17F4N5O2. The number of amides is 1. The summed E-state index contributed by atoms with van der Waals surface area (Å²) in [6.07, 6.45) is 1.27. The highest BCUT2D eigenvalue weighted by molar-refractivity contribution is 6.00. The fourth-order valence-electron chi connectivity index (χ4n) is 5.41. The van der Waals surface area contributed by atoms with Crippen LogP contribution in [0.4, 0.5) is 17.6 Å². The van der Waals surface area contributed by atoms with Gasteiger partial charge in [-0.15, -0.1) is 0 Å². The Bertz CT molecular complexity index is 1270. The Hall–Kier alpha value is -3.63. The van der Waals surface area contributed by atoms with Crippen LogP contribution < -0.4 is 4.74 Å². The van der Waals surface area contributed by atoms with Gasteiger partial charge in [0.25, 0.3) is 5.91 Å². The van der Waals surface area contributed by atoms with Gasteiger partial charge in [-0.2, -0.15) is 13.2 Å². The number of ether oxygens (including phenoxy) is 1. The van der Waals surface area contributed by atoms with E-state index < -0.39 is 23.8 Å². The van der Waals surface area contributed by atoms with Crippen molar-refractivity contribution in [2.75, 3.05) is 6.54 Å². The molecule has 6 rings (SSSR count). The van der Waals surface area contributed by atoms with E-state index in [1.165, 1.54) is 30.6 Å². The Morgan fingerprint density at radius 2 is 1.88 bits per heavy atom. The van der Waals surface area contributed by atoms with Crippen molar-refractivity contribution >= 4 is 5.91 Å².